The first kappa shape index (κ1) is 24.4. The Hall–Kier alpha value is -3.31. The van der Waals surface area contributed by atoms with Gasteiger partial charge in [0, 0.05) is 12.1 Å². The molecule has 8 nitrogen and oxygen atoms in total. The largest absolute Gasteiger partial charge is 0.493 e. The first-order chi connectivity index (χ1) is 17.3. The lowest BCUT2D eigenvalue weighted by Gasteiger charge is -2.19. The molecule has 0 unspecified atom stereocenters. The molecule has 3 aromatic rings. The highest BCUT2D eigenvalue weighted by atomic mass is 19.4. The van der Waals surface area contributed by atoms with Crippen LogP contribution < -0.4 is 14.2 Å². The summed E-state index contributed by atoms with van der Waals surface area (Å²) in [5, 5.41) is 14.0. The Bertz CT molecular complexity index is 1210. The number of aryl methyl sites for hydroxylation is 1. The van der Waals surface area contributed by atoms with E-state index in [4.69, 9.17) is 18.7 Å². The molecule has 0 aliphatic carbocycles. The van der Waals surface area contributed by atoms with Crippen molar-refractivity contribution < 1.29 is 37.0 Å². The molecule has 2 atom stereocenters. The molecule has 1 saturated heterocycles. The molecule has 2 aliphatic rings. The Morgan fingerprint density at radius 2 is 1.92 bits per heavy atom. The normalized spacial score (nSPS) is 20.0. The van der Waals surface area contributed by atoms with Gasteiger partial charge < -0.3 is 23.8 Å². The number of likely N-dealkylation sites (tertiary alicyclic amines) is 1. The van der Waals surface area contributed by atoms with Gasteiger partial charge >= 0.3 is 6.18 Å². The molecule has 36 heavy (non-hydrogen) atoms. The lowest BCUT2D eigenvalue weighted by Crippen LogP contribution is -2.23. The lowest BCUT2D eigenvalue weighted by atomic mass is 10.1. The number of alkyl halides is 3. The minimum Gasteiger partial charge on any atom is -0.493 e. The predicted molar refractivity (Wildman–Crippen MR) is 122 cm³/mol. The van der Waals surface area contributed by atoms with Crippen molar-refractivity contribution in [2.24, 2.45) is 0 Å². The van der Waals surface area contributed by atoms with Gasteiger partial charge in [0.05, 0.1) is 18.3 Å². The van der Waals surface area contributed by atoms with Gasteiger partial charge in [-0.15, -0.1) is 0 Å². The molecular weight excluding hydrogens is 479 g/mol. The van der Waals surface area contributed by atoms with Gasteiger partial charge in [-0.25, -0.2) is 0 Å². The van der Waals surface area contributed by atoms with E-state index >= 15 is 0 Å². The number of likely N-dealkylation sites (N-methyl/N-ethyl adjacent to an activating group) is 1. The highest BCUT2D eigenvalue weighted by Gasteiger charge is 2.37. The fourth-order valence-corrected chi connectivity index (χ4v) is 4.47. The fraction of sp³-hybridized carbons (Fsp3) is 0.440. The summed E-state index contributed by atoms with van der Waals surface area (Å²) in [6.07, 6.45) is -3.62. The first-order valence-corrected chi connectivity index (χ1v) is 11.7. The quantitative estimate of drug-likeness (QED) is 0.476. The number of aliphatic hydroxyl groups is 1. The van der Waals surface area contributed by atoms with Gasteiger partial charge in [-0.3, -0.25) is 4.90 Å². The summed E-state index contributed by atoms with van der Waals surface area (Å²) >= 11 is 0. The van der Waals surface area contributed by atoms with Crippen LogP contribution in [0.3, 0.4) is 0 Å². The highest BCUT2D eigenvalue weighted by molar-refractivity contribution is 5.59. The van der Waals surface area contributed by atoms with E-state index in [2.05, 4.69) is 10.1 Å². The Kier molecular flexibility index (Phi) is 6.76. The van der Waals surface area contributed by atoms with Gasteiger partial charge in [-0.1, -0.05) is 11.2 Å². The highest BCUT2D eigenvalue weighted by Crippen LogP contribution is 2.39. The molecule has 0 radical (unpaired) electrons. The average Bonchev–Trinajstić information content (AvgIpc) is 3.47. The number of aliphatic hydroxyl groups excluding tert-OH is 1. The van der Waals surface area contributed by atoms with Crippen LogP contribution in [0.1, 0.15) is 35.9 Å². The monoisotopic (exact) mass is 505 g/mol. The molecule has 11 heteroatoms. The van der Waals surface area contributed by atoms with E-state index in [-0.39, 0.29) is 29.6 Å². The van der Waals surface area contributed by atoms with Crippen molar-refractivity contribution in [2.75, 3.05) is 33.4 Å². The molecule has 0 amide bonds. The van der Waals surface area contributed by atoms with Crippen LogP contribution >= 0.6 is 0 Å². The Morgan fingerprint density at radius 1 is 1.11 bits per heavy atom. The van der Waals surface area contributed by atoms with Gasteiger partial charge in [0.15, 0.2) is 11.5 Å². The molecular formula is C25H26F3N3O5. The molecule has 0 saturated carbocycles. The second kappa shape index (κ2) is 9.98. The molecule has 192 valence electrons. The summed E-state index contributed by atoms with van der Waals surface area (Å²) in [6, 6.07) is 8.84. The number of benzene rings is 2. The zero-order valence-corrected chi connectivity index (χ0v) is 19.6. The molecule has 2 aromatic carbocycles. The molecule has 5 rings (SSSR count). The Labute approximate surface area is 205 Å². The van der Waals surface area contributed by atoms with Crippen molar-refractivity contribution in [3.8, 4) is 28.6 Å². The van der Waals surface area contributed by atoms with Crippen LogP contribution in [-0.2, 0) is 12.6 Å². The van der Waals surface area contributed by atoms with Crippen LogP contribution in [0, 0.1) is 0 Å². The molecule has 3 heterocycles. The summed E-state index contributed by atoms with van der Waals surface area (Å²) in [6.45, 7) is 1.76. The number of hydrogen-bond acceptors (Lipinski definition) is 8. The van der Waals surface area contributed by atoms with E-state index < -0.39 is 23.9 Å². The molecule has 1 N–H and O–H groups in total. The maximum atomic E-state index is 13.8. The number of halogens is 3. The van der Waals surface area contributed by atoms with Crippen LogP contribution in [0.5, 0.6) is 17.2 Å². The fourth-order valence-electron chi connectivity index (χ4n) is 4.47. The van der Waals surface area contributed by atoms with Gasteiger partial charge in [-0.2, -0.15) is 18.2 Å². The SMILES string of the molecule is CN1CC[C@H](O)[C@H]1c1nc(-c2ccc(OCCCc3ccc4c(c3)OCCO4)c(C(F)(F)F)c2)no1. The van der Waals surface area contributed by atoms with Crippen molar-refractivity contribution in [3.63, 3.8) is 0 Å². The number of rotatable bonds is 7. The maximum absolute atomic E-state index is 13.8. The maximum Gasteiger partial charge on any atom is 0.419 e. The number of nitrogens with zero attached hydrogens (tertiary/aromatic N) is 3. The van der Waals surface area contributed by atoms with Gasteiger partial charge in [0.1, 0.15) is 25.0 Å². The van der Waals surface area contributed by atoms with E-state index in [1.54, 1.807) is 0 Å². The Balaban J connectivity index is 1.26. The van der Waals surface area contributed by atoms with Gasteiger partial charge in [0.2, 0.25) is 11.7 Å². The van der Waals surface area contributed by atoms with E-state index in [0.29, 0.717) is 50.5 Å². The van der Waals surface area contributed by atoms with Gasteiger partial charge in [0.25, 0.3) is 0 Å². The third-order valence-electron chi connectivity index (χ3n) is 6.33. The molecule has 1 aromatic heterocycles. The lowest BCUT2D eigenvalue weighted by molar-refractivity contribution is -0.138. The second-order valence-electron chi connectivity index (χ2n) is 8.88. The van der Waals surface area contributed by atoms with E-state index in [1.807, 2.05) is 30.1 Å². The second-order valence-corrected chi connectivity index (χ2v) is 8.88. The number of ether oxygens (including phenoxy) is 3. The van der Waals surface area contributed by atoms with Crippen molar-refractivity contribution in [2.45, 2.75) is 37.6 Å². The summed E-state index contributed by atoms with van der Waals surface area (Å²) in [5.41, 5.74) is 0.222. The molecule has 1 fully saturated rings. The van der Waals surface area contributed by atoms with Crippen LogP contribution in [-0.4, -0.2) is 59.7 Å². The Morgan fingerprint density at radius 3 is 2.67 bits per heavy atom. The molecule has 0 bridgehead atoms. The van der Waals surface area contributed by atoms with Crippen LogP contribution in [0.2, 0.25) is 0 Å². The smallest absolute Gasteiger partial charge is 0.419 e. The van der Waals surface area contributed by atoms with Crippen molar-refractivity contribution in [1.82, 2.24) is 15.0 Å². The zero-order chi connectivity index (χ0) is 25.3. The van der Waals surface area contributed by atoms with E-state index in [9.17, 15) is 18.3 Å². The van der Waals surface area contributed by atoms with Crippen LogP contribution in [0.25, 0.3) is 11.4 Å². The van der Waals surface area contributed by atoms with Crippen molar-refractivity contribution in [3.05, 3.63) is 53.4 Å². The van der Waals surface area contributed by atoms with Crippen molar-refractivity contribution in [1.29, 1.82) is 0 Å². The number of fused-ring (bicyclic) bond motifs is 1. The molecule has 2 aliphatic heterocycles. The topological polar surface area (TPSA) is 90.1 Å². The average molecular weight is 505 g/mol. The minimum atomic E-state index is -4.63. The van der Waals surface area contributed by atoms with Crippen LogP contribution in [0.4, 0.5) is 13.2 Å². The van der Waals surface area contributed by atoms with E-state index in [0.717, 1.165) is 11.6 Å². The number of aromatic nitrogens is 2. The summed E-state index contributed by atoms with van der Waals surface area (Å²) in [7, 11) is 1.81. The van der Waals surface area contributed by atoms with Gasteiger partial charge in [-0.05, 0) is 62.2 Å². The summed E-state index contributed by atoms with van der Waals surface area (Å²) in [5.74, 6) is 1.30. The summed E-state index contributed by atoms with van der Waals surface area (Å²) in [4.78, 5) is 6.12. The van der Waals surface area contributed by atoms with Crippen LogP contribution in [0.15, 0.2) is 40.9 Å². The third-order valence-corrected chi connectivity index (χ3v) is 6.33. The third kappa shape index (κ3) is 5.12. The molecule has 0 spiro atoms. The van der Waals surface area contributed by atoms with E-state index in [1.165, 1.54) is 12.1 Å². The first-order valence-electron chi connectivity index (χ1n) is 11.7. The zero-order valence-electron chi connectivity index (χ0n) is 19.6. The number of hydrogen-bond donors (Lipinski definition) is 1. The summed E-state index contributed by atoms with van der Waals surface area (Å²) < 4.78 is 63.3. The predicted octanol–water partition coefficient (Wildman–Crippen LogP) is 4.28. The van der Waals surface area contributed by atoms with Crippen molar-refractivity contribution >= 4 is 0 Å². The minimum absolute atomic E-state index is 0.0214. The standard InChI is InChI=1S/C25H26F3N3O5/c1-31-9-8-18(32)22(31)24-29-23(30-36-24)16-5-7-19(17(14-16)25(26,27)28)33-10-2-3-15-4-6-20-21(13-15)35-12-11-34-20/h4-7,13-14,18,22,32H,2-3,8-12H2,1H3/t18-,22-/m0/s1.